The van der Waals surface area contributed by atoms with Crippen LogP contribution in [0.2, 0.25) is 0 Å². The molecule has 0 unspecified atom stereocenters. The number of sulfonamides is 1. The highest BCUT2D eigenvalue weighted by molar-refractivity contribution is 9.11. The molecule has 9 heteroatoms. The van der Waals surface area contributed by atoms with Gasteiger partial charge in [-0.1, -0.05) is 27.3 Å². The Labute approximate surface area is 131 Å². The van der Waals surface area contributed by atoms with E-state index in [4.69, 9.17) is 5.73 Å². The van der Waals surface area contributed by atoms with E-state index < -0.39 is 10.0 Å². The van der Waals surface area contributed by atoms with Crippen molar-refractivity contribution >= 4 is 64.0 Å². The highest BCUT2D eigenvalue weighted by Gasteiger charge is 2.20. The summed E-state index contributed by atoms with van der Waals surface area (Å²) in [6.45, 7) is 1.66. The van der Waals surface area contributed by atoms with Gasteiger partial charge in [-0.2, -0.15) is 0 Å². The van der Waals surface area contributed by atoms with E-state index in [-0.39, 0.29) is 4.90 Å². The first-order valence-corrected chi connectivity index (χ1v) is 8.88. The molecule has 2 aromatic rings. The Morgan fingerprint density at radius 1 is 1.37 bits per heavy atom. The molecule has 0 radical (unpaired) electrons. The van der Waals surface area contributed by atoms with Crippen molar-refractivity contribution in [2.24, 2.45) is 0 Å². The van der Waals surface area contributed by atoms with Crippen LogP contribution >= 0.6 is 43.2 Å². The van der Waals surface area contributed by atoms with Crippen LogP contribution in [-0.2, 0) is 10.0 Å². The third-order valence-corrected chi connectivity index (χ3v) is 5.80. The van der Waals surface area contributed by atoms with Gasteiger partial charge < -0.3 is 5.73 Å². The average Bonchev–Trinajstić information content (AvgIpc) is 2.68. The van der Waals surface area contributed by atoms with Crippen LogP contribution < -0.4 is 10.5 Å². The quantitative estimate of drug-likeness (QED) is 0.736. The molecule has 2 rings (SSSR count). The summed E-state index contributed by atoms with van der Waals surface area (Å²) < 4.78 is 28.4. The molecule has 0 spiro atoms. The fourth-order valence-corrected chi connectivity index (χ4v) is 4.70. The standard InChI is InChI=1S/C10H9Br2N3O2S2/c1-5-7(13)2-6(11)3-8(5)19(16,17)15-10-14-4-9(12)18-10/h2-4H,13H2,1H3,(H,14,15). The Balaban J connectivity index is 2.45. The van der Waals surface area contributed by atoms with Gasteiger partial charge in [0.2, 0.25) is 0 Å². The maximum Gasteiger partial charge on any atom is 0.264 e. The lowest BCUT2D eigenvalue weighted by Crippen LogP contribution is -2.15. The van der Waals surface area contributed by atoms with Gasteiger partial charge in [0, 0.05) is 10.2 Å². The zero-order valence-electron chi connectivity index (χ0n) is 9.65. The van der Waals surface area contributed by atoms with Crippen LogP contribution in [0.15, 0.2) is 31.5 Å². The zero-order valence-corrected chi connectivity index (χ0v) is 14.5. The molecule has 0 aliphatic rings. The second-order valence-electron chi connectivity index (χ2n) is 3.69. The fourth-order valence-electron chi connectivity index (χ4n) is 1.42. The molecule has 1 heterocycles. The minimum absolute atomic E-state index is 0.130. The number of nitrogens with two attached hydrogens (primary N) is 1. The molecule has 19 heavy (non-hydrogen) atoms. The Kier molecular flexibility index (Phi) is 4.19. The van der Waals surface area contributed by atoms with Crippen molar-refractivity contribution in [1.29, 1.82) is 0 Å². The van der Waals surface area contributed by atoms with Gasteiger partial charge in [-0.15, -0.1) is 0 Å². The molecule has 0 bridgehead atoms. The summed E-state index contributed by atoms with van der Waals surface area (Å²) in [6.07, 6.45) is 1.53. The Morgan fingerprint density at radius 2 is 2.05 bits per heavy atom. The van der Waals surface area contributed by atoms with Gasteiger partial charge in [0.1, 0.15) is 0 Å². The highest BCUT2D eigenvalue weighted by atomic mass is 79.9. The molecule has 0 amide bonds. The van der Waals surface area contributed by atoms with E-state index in [2.05, 4.69) is 41.6 Å². The second-order valence-corrected chi connectivity index (χ2v) is 8.67. The molecule has 3 N–H and O–H groups in total. The molecule has 0 aliphatic heterocycles. The number of anilines is 2. The first kappa shape index (κ1) is 14.8. The number of hydrogen-bond acceptors (Lipinski definition) is 5. The smallest absolute Gasteiger partial charge is 0.264 e. The summed E-state index contributed by atoms with van der Waals surface area (Å²) in [7, 11) is -3.71. The predicted molar refractivity (Wildman–Crippen MR) is 83.9 cm³/mol. The minimum atomic E-state index is -3.71. The lowest BCUT2D eigenvalue weighted by Gasteiger charge is -2.10. The van der Waals surface area contributed by atoms with Gasteiger partial charge in [0.15, 0.2) is 5.13 Å². The van der Waals surface area contributed by atoms with E-state index >= 15 is 0 Å². The highest BCUT2D eigenvalue weighted by Crippen LogP contribution is 2.29. The topological polar surface area (TPSA) is 85.1 Å². The van der Waals surface area contributed by atoms with Crippen molar-refractivity contribution in [1.82, 2.24) is 4.98 Å². The summed E-state index contributed by atoms with van der Waals surface area (Å²) in [4.78, 5) is 4.07. The molecule has 0 saturated heterocycles. The van der Waals surface area contributed by atoms with Crippen molar-refractivity contribution < 1.29 is 8.42 Å². The van der Waals surface area contributed by atoms with Gasteiger partial charge in [-0.25, -0.2) is 13.4 Å². The van der Waals surface area contributed by atoms with Crippen LogP contribution in [0.3, 0.4) is 0 Å². The summed E-state index contributed by atoms with van der Waals surface area (Å²) in [5, 5.41) is 0.296. The Hall–Kier alpha value is -0.640. The third kappa shape index (κ3) is 3.28. The van der Waals surface area contributed by atoms with Crippen LogP contribution in [-0.4, -0.2) is 13.4 Å². The van der Waals surface area contributed by atoms with E-state index in [0.717, 1.165) is 3.79 Å². The number of nitrogen functional groups attached to an aromatic ring is 1. The van der Waals surface area contributed by atoms with Gasteiger partial charge in [0.25, 0.3) is 10.0 Å². The van der Waals surface area contributed by atoms with Crippen LogP contribution in [0.25, 0.3) is 0 Å². The first-order chi connectivity index (χ1) is 8.79. The summed E-state index contributed by atoms with van der Waals surface area (Å²) in [5.41, 5.74) is 6.69. The third-order valence-electron chi connectivity index (χ3n) is 2.35. The van der Waals surface area contributed by atoms with Gasteiger partial charge in [0.05, 0.1) is 14.9 Å². The van der Waals surface area contributed by atoms with E-state index in [1.54, 1.807) is 13.0 Å². The van der Waals surface area contributed by atoms with Crippen LogP contribution in [0, 0.1) is 6.92 Å². The Bertz CT molecular complexity index is 728. The molecule has 0 fully saturated rings. The number of thiazole rings is 1. The molecule has 102 valence electrons. The van der Waals surface area contributed by atoms with Crippen molar-refractivity contribution in [3.8, 4) is 0 Å². The minimum Gasteiger partial charge on any atom is -0.398 e. The number of halogens is 2. The number of aromatic nitrogens is 1. The second kappa shape index (κ2) is 5.39. The number of benzene rings is 1. The molecule has 1 aromatic heterocycles. The summed E-state index contributed by atoms with van der Waals surface area (Å²) >= 11 is 7.66. The monoisotopic (exact) mass is 425 g/mol. The molecule has 0 saturated carbocycles. The lowest BCUT2D eigenvalue weighted by molar-refractivity contribution is 0.600. The zero-order chi connectivity index (χ0) is 14.2. The van der Waals surface area contributed by atoms with Crippen molar-refractivity contribution in [3.05, 3.63) is 32.2 Å². The molecule has 1 aromatic carbocycles. The van der Waals surface area contributed by atoms with Crippen LogP contribution in [0.1, 0.15) is 5.56 Å². The van der Waals surface area contributed by atoms with E-state index in [1.165, 1.54) is 23.6 Å². The van der Waals surface area contributed by atoms with Crippen molar-refractivity contribution in [2.75, 3.05) is 10.5 Å². The predicted octanol–water partition coefficient (Wildman–Crippen LogP) is 3.36. The fraction of sp³-hybridized carbons (Fsp3) is 0.100. The van der Waals surface area contributed by atoms with E-state index in [0.29, 0.717) is 20.9 Å². The molecular weight excluding hydrogens is 418 g/mol. The maximum absolute atomic E-state index is 12.3. The molecule has 0 atom stereocenters. The van der Waals surface area contributed by atoms with Gasteiger partial charge >= 0.3 is 0 Å². The average molecular weight is 427 g/mol. The maximum atomic E-state index is 12.3. The van der Waals surface area contributed by atoms with Crippen LogP contribution in [0.5, 0.6) is 0 Å². The van der Waals surface area contributed by atoms with Gasteiger partial charge in [-0.05, 0) is 40.5 Å². The van der Waals surface area contributed by atoms with Crippen molar-refractivity contribution in [3.63, 3.8) is 0 Å². The normalized spacial score (nSPS) is 11.5. The van der Waals surface area contributed by atoms with E-state index in [1.807, 2.05) is 0 Å². The van der Waals surface area contributed by atoms with Crippen molar-refractivity contribution in [2.45, 2.75) is 11.8 Å². The van der Waals surface area contributed by atoms with E-state index in [9.17, 15) is 8.42 Å². The number of nitrogens with one attached hydrogen (secondary N) is 1. The van der Waals surface area contributed by atoms with Gasteiger partial charge in [-0.3, -0.25) is 4.72 Å². The largest absolute Gasteiger partial charge is 0.398 e. The number of rotatable bonds is 3. The van der Waals surface area contributed by atoms with Crippen LogP contribution in [0.4, 0.5) is 10.8 Å². The molecular formula is C10H9Br2N3O2S2. The number of nitrogens with zero attached hydrogens (tertiary/aromatic N) is 1. The summed E-state index contributed by atoms with van der Waals surface area (Å²) in [5.74, 6) is 0. The summed E-state index contributed by atoms with van der Waals surface area (Å²) in [6, 6.07) is 3.17. The molecule has 0 aliphatic carbocycles. The number of hydrogen-bond donors (Lipinski definition) is 2. The lowest BCUT2D eigenvalue weighted by atomic mass is 10.2. The Morgan fingerprint density at radius 3 is 2.63 bits per heavy atom. The SMILES string of the molecule is Cc1c(N)cc(Br)cc1S(=O)(=O)Nc1ncc(Br)s1. The first-order valence-electron chi connectivity index (χ1n) is 4.99. The molecule has 5 nitrogen and oxygen atoms in total.